The lowest BCUT2D eigenvalue weighted by atomic mass is 10.2. The largest absolute Gasteiger partial charge is 0.483 e. The summed E-state index contributed by atoms with van der Waals surface area (Å²) in [7, 11) is 0. The molecule has 5 nitrogen and oxygen atoms in total. The summed E-state index contributed by atoms with van der Waals surface area (Å²) in [4.78, 5) is 23.0. The van der Waals surface area contributed by atoms with E-state index in [4.69, 9.17) is 16.3 Å². The summed E-state index contributed by atoms with van der Waals surface area (Å²) < 4.78 is 6.10. The molecule has 0 saturated carbocycles. The highest BCUT2D eigenvalue weighted by Gasteiger charge is 2.07. The third kappa shape index (κ3) is 5.58. The minimum absolute atomic E-state index is 0.148. The SMILES string of the molecule is CC(=O)Nc1cccc(NC(=O)COc2ccc(Cl)cc2Br)c1. The number of halogens is 2. The van der Waals surface area contributed by atoms with Crippen LogP contribution in [0.15, 0.2) is 46.9 Å². The van der Waals surface area contributed by atoms with Crippen LogP contribution in [0.4, 0.5) is 11.4 Å². The predicted molar refractivity (Wildman–Crippen MR) is 94.0 cm³/mol. The molecule has 0 spiro atoms. The van der Waals surface area contributed by atoms with Crippen LogP contribution >= 0.6 is 27.5 Å². The number of hydrogen-bond acceptors (Lipinski definition) is 3. The fraction of sp³-hybridized carbons (Fsp3) is 0.125. The van der Waals surface area contributed by atoms with E-state index in [9.17, 15) is 9.59 Å². The minimum Gasteiger partial charge on any atom is -0.483 e. The third-order valence-electron chi connectivity index (χ3n) is 2.72. The number of rotatable bonds is 5. The molecule has 0 atom stereocenters. The Labute approximate surface area is 147 Å². The lowest BCUT2D eigenvalue weighted by Crippen LogP contribution is -2.20. The smallest absolute Gasteiger partial charge is 0.262 e. The Morgan fingerprint density at radius 3 is 2.48 bits per heavy atom. The molecule has 0 radical (unpaired) electrons. The molecule has 2 N–H and O–H groups in total. The molecule has 23 heavy (non-hydrogen) atoms. The van der Waals surface area contributed by atoms with Gasteiger partial charge in [-0.15, -0.1) is 0 Å². The van der Waals surface area contributed by atoms with Crippen LogP contribution in [0.5, 0.6) is 5.75 Å². The Morgan fingerprint density at radius 1 is 1.13 bits per heavy atom. The molecule has 2 amide bonds. The second-order valence-corrected chi connectivity index (χ2v) is 5.96. The lowest BCUT2D eigenvalue weighted by molar-refractivity contribution is -0.118. The molecule has 0 aliphatic heterocycles. The molecule has 0 bridgehead atoms. The van der Waals surface area contributed by atoms with Gasteiger partial charge in [0.15, 0.2) is 6.61 Å². The number of hydrogen-bond donors (Lipinski definition) is 2. The zero-order chi connectivity index (χ0) is 16.8. The second-order valence-electron chi connectivity index (χ2n) is 4.67. The summed E-state index contributed by atoms with van der Waals surface area (Å²) in [5, 5.41) is 5.92. The van der Waals surface area contributed by atoms with Crippen LogP contribution in [0.1, 0.15) is 6.92 Å². The summed E-state index contributed by atoms with van der Waals surface area (Å²) in [5.41, 5.74) is 1.18. The summed E-state index contributed by atoms with van der Waals surface area (Å²) in [5.74, 6) is 0.0350. The van der Waals surface area contributed by atoms with E-state index in [2.05, 4.69) is 26.6 Å². The maximum absolute atomic E-state index is 11.9. The molecule has 0 aliphatic carbocycles. The molecule has 0 saturated heterocycles. The normalized spacial score (nSPS) is 10.0. The van der Waals surface area contributed by atoms with Crippen molar-refractivity contribution in [2.24, 2.45) is 0 Å². The Bertz CT molecular complexity index is 737. The summed E-state index contributed by atoms with van der Waals surface area (Å²) in [6.07, 6.45) is 0. The first-order valence-electron chi connectivity index (χ1n) is 6.69. The molecule has 2 aromatic rings. The molecule has 0 fully saturated rings. The number of benzene rings is 2. The quantitative estimate of drug-likeness (QED) is 0.799. The van der Waals surface area contributed by atoms with Gasteiger partial charge in [0.2, 0.25) is 5.91 Å². The average molecular weight is 398 g/mol. The highest BCUT2D eigenvalue weighted by Crippen LogP contribution is 2.27. The van der Waals surface area contributed by atoms with E-state index in [1.165, 1.54) is 6.92 Å². The number of anilines is 2. The van der Waals surface area contributed by atoms with Gasteiger partial charge in [-0.1, -0.05) is 17.7 Å². The molecular formula is C16H14BrClN2O3. The van der Waals surface area contributed by atoms with Gasteiger partial charge < -0.3 is 15.4 Å². The van der Waals surface area contributed by atoms with E-state index in [0.717, 1.165) is 0 Å². The van der Waals surface area contributed by atoms with E-state index >= 15 is 0 Å². The molecule has 2 rings (SSSR count). The monoisotopic (exact) mass is 396 g/mol. The lowest BCUT2D eigenvalue weighted by Gasteiger charge is -2.10. The van der Waals surface area contributed by atoms with E-state index in [-0.39, 0.29) is 18.4 Å². The van der Waals surface area contributed by atoms with Crippen LogP contribution in [0.3, 0.4) is 0 Å². The van der Waals surface area contributed by atoms with Gasteiger partial charge in [-0.25, -0.2) is 0 Å². The number of carbonyl (C=O) groups is 2. The van der Waals surface area contributed by atoms with Gasteiger partial charge in [0.05, 0.1) is 4.47 Å². The molecule has 0 aliphatic rings. The predicted octanol–water partition coefficient (Wildman–Crippen LogP) is 4.08. The topological polar surface area (TPSA) is 67.4 Å². The molecule has 120 valence electrons. The Kier molecular flexibility index (Phi) is 6.01. The van der Waals surface area contributed by atoms with Gasteiger partial charge in [0.1, 0.15) is 5.75 Å². The van der Waals surface area contributed by atoms with Gasteiger partial charge >= 0.3 is 0 Å². The molecular weight excluding hydrogens is 384 g/mol. The number of nitrogens with one attached hydrogen (secondary N) is 2. The first kappa shape index (κ1) is 17.3. The molecule has 0 unspecified atom stereocenters. The van der Waals surface area contributed by atoms with Gasteiger partial charge in [0.25, 0.3) is 5.91 Å². The molecule has 0 heterocycles. The van der Waals surface area contributed by atoms with Crippen LogP contribution in [-0.2, 0) is 9.59 Å². The summed E-state index contributed by atoms with van der Waals surface area (Å²) in [6, 6.07) is 11.9. The number of amides is 2. The van der Waals surface area contributed by atoms with Crippen molar-refractivity contribution in [2.75, 3.05) is 17.2 Å². The standard InChI is InChI=1S/C16H14BrClN2O3/c1-10(21)19-12-3-2-4-13(8-12)20-16(22)9-23-15-6-5-11(18)7-14(15)17/h2-8H,9H2,1H3,(H,19,21)(H,20,22). The fourth-order valence-corrected chi connectivity index (χ4v) is 2.61. The Morgan fingerprint density at radius 2 is 1.83 bits per heavy atom. The van der Waals surface area contributed by atoms with Crippen molar-refractivity contribution in [3.05, 3.63) is 52.0 Å². The Hall–Kier alpha value is -2.05. The maximum Gasteiger partial charge on any atom is 0.262 e. The van der Waals surface area contributed by atoms with Gasteiger partial charge in [-0.3, -0.25) is 9.59 Å². The van der Waals surface area contributed by atoms with Crippen molar-refractivity contribution in [3.8, 4) is 5.75 Å². The molecule has 0 aromatic heterocycles. The van der Waals surface area contributed by atoms with E-state index in [0.29, 0.717) is 26.6 Å². The first-order chi connectivity index (χ1) is 10.9. The first-order valence-corrected chi connectivity index (χ1v) is 7.86. The van der Waals surface area contributed by atoms with Crippen molar-refractivity contribution in [1.29, 1.82) is 0 Å². The van der Waals surface area contributed by atoms with Crippen molar-refractivity contribution in [2.45, 2.75) is 6.92 Å². The fourth-order valence-electron chi connectivity index (χ4n) is 1.81. The van der Waals surface area contributed by atoms with Crippen molar-refractivity contribution in [3.63, 3.8) is 0 Å². The highest BCUT2D eigenvalue weighted by molar-refractivity contribution is 9.10. The molecule has 2 aromatic carbocycles. The second kappa shape index (κ2) is 7.99. The van der Waals surface area contributed by atoms with Crippen LogP contribution in [0.2, 0.25) is 5.02 Å². The average Bonchev–Trinajstić information content (AvgIpc) is 2.46. The number of ether oxygens (including phenoxy) is 1. The van der Waals surface area contributed by atoms with Crippen LogP contribution in [0, 0.1) is 0 Å². The molecule has 7 heteroatoms. The summed E-state index contributed by atoms with van der Waals surface area (Å²) >= 11 is 9.16. The van der Waals surface area contributed by atoms with E-state index in [1.807, 2.05) is 0 Å². The van der Waals surface area contributed by atoms with Crippen molar-refractivity contribution < 1.29 is 14.3 Å². The highest BCUT2D eigenvalue weighted by atomic mass is 79.9. The number of carbonyl (C=O) groups excluding carboxylic acids is 2. The summed E-state index contributed by atoms with van der Waals surface area (Å²) in [6.45, 7) is 1.27. The zero-order valence-electron chi connectivity index (χ0n) is 12.2. The van der Waals surface area contributed by atoms with Gasteiger partial charge in [-0.2, -0.15) is 0 Å². The minimum atomic E-state index is -0.313. The van der Waals surface area contributed by atoms with E-state index < -0.39 is 0 Å². The van der Waals surface area contributed by atoms with Gasteiger partial charge in [-0.05, 0) is 52.3 Å². The van der Waals surface area contributed by atoms with Crippen molar-refractivity contribution in [1.82, 2.24) is 0 Å². The maximum atomic E-state index is 11.9. The van der Waals surface area contributed by atoms with E-state index in [1.54, 1.807) is 42.5 Å². The zero-order valence-corrected chi connectivity index (χ0v) is 14.6. The third-order valence-corrected chi connectivity index (χ3v) is 3.57. The van der Waals surface area contributed by atoms with Crippen molar-refractivity contribution >= 4 is 50.7 Å². The van der Waals surface area contributed by atoms with Crippen LogP contribution in [-0.4, -0.2) is 18.4 Å². The van der Waals surface area contributed by atoms with Crippen LogP contribution in [0.25, 0.3) is 0 Å². The van der Waals surface area contributed by atoms with Crippen LogP contribution < -0.4 is 15.4 Å². The Balaban J connectivity index is 1.93. The van der Waals surface area contributed by atoms with Gasteiger partial charge in [0, 0.05) is 23.3 Å².